The van der Waals surface area contributed by atoms with E-state index in [4.69, 9.17) is 15.2 Å². The van der Waals surface area contributed by atoms with Crippen LogP contribution in [0.4, 0.5) is 0 Å². The van der Waals surface area contributed by atoms with E-state index in [2.05, 4.69) is 4.90 Å². The molecule has 0 aromatic heterocycles. The first kappa shape index (κ1) is 14.0. The van der Waals surface area contributed by atoms with Gasteiger partial charge in [0.1, 0.15) is 12.4 Å². The van der Waals surface area contributed by atoms with Gasteiger partial charge in [0.15, 0.2) is 0 Å². The van der Waals surface area contributed by atoms with Crippen molar-refractivity contribution >= 4 is 0 Å². The molecule has 0 aliphatic carbocycles. The van der Waals surface area contributed by atoms with Crippen molar-refractivity contribution < 1.29 is 9.47 Å². The van der Waals surface area contributed by atoms with Crippen LogP contribution in [-0.4, -0.2) is 51.4 Å². The molecule has 17 heavy (non-hydrogen) atoms. The predicted octanol–water partition coefficient (Wildman–Crippen LogP) is 0.971. The van der Waals surface area contributed by atoms with E-state index in [9.17, 15) is 0 Å². The molecule has 0 unspecified atom stereocenters. The fourth-order valence-corrected chi connectivity index (χ4v) is 1.50. The summed E-state index contributed by atoms with van der Waals surface area (Å²) in [7, 11) is 3.73. The normalized spacial score (nSPS) is 12.7. The van der Waals surface area contributed by atoms with Crippen LogP contribution >= 0.6 is 0 Å². The van der Waals surface area contributed by atoms with Gasteiger partial charge in [0.25, 0.3) is 0 Å². The monoisotopic (exact) mass is 238 g/mol. The van der Waals surface area contributed by atoms with Crippen LogP contribution in [0.15, 0.2) is 30.3 Å². The molecule has 1 aromatic carbocycles. The average molecular weight is 238 g/mol. The van der Waals surface area contributed by atoms with E-state index in [-0.39, 0.29) is 6.04 Å². The molecule has 1 aromatic rings. The van der Waals surface area contributed by atoms with E-state index in [1.807, 2.05) is 37.4 Å². The fourth-order valence-electron chi connectivity index (χ4n) is 1.50. The zero-order valence-corrected chi connectivity index (χ0v) is 10.6. The molecule has 0 aliphatic heterocycles. The summed E-state index contributed by atoms with van der Waals surface area (Å²) in [6, 6.07) is 10.00. The molecule has 0 radical (unpaired) electrons. The minimum absolute atomic E-state index is 0.213. The van der Waals surface area contributed by atoms with Crippen molar-refractivity contribution in [2.24, 2.45) is 5.73 Å². The third-order valence-electron chi connectivity index (χ3n) is 2.73. The summed E-state index contributed by atoms with van der Waals surface area (Å²) >= 11 is 0. The lowest BCUT2D eigenvalue weighted by Crippen LogP contribution is -2.43. The first-order valence-electron chi connectivity index (χ1n) is 5.85. The highest BCUT2D eigenvalue weighted by molar-refractivity contribution is 5.20. The molecular weight excluding hydrogens is 216 g/mol. The second-order valence-corrected chi connectivity index (χ2v) is 3.99. The number of hydrogen-bond donors (Lipinski definition) is 1. The van der Waals surface area contributed by atoms with Crippen LogP contribution in [0, 0.1) is 0 Å². The molecule has 0 fully saturated rings. The maximum absolute atomic E-state index is 5.75. The van der Waals surface area contributed by atoms with E-state index >= 15 is 0 Å². The second-order valence-electron chi connectivity index (χ2n) is 3.99. The van der Waals surface area contributed by atoms with E-state index in [1.54, 1.807) is 7.11 Å². The lowest BCUT2D eigenvalue weighted by molar-refractivity contribution is 0.116. The first-order chi connectivity index (χ1) is 8.27. The Morgan fingerprint density at radius 3 is 2.59 bits per heavy atom. The van der Waals surface area contributed by atoms with E-state index in [0.29, 0.717) is 19.8 Å². The van der Waals surface area contributed by atoms with Crippen LogP contribution in [0.1, 0.15) is 0 Å². The molecule has 0 spiro atoms. The Bertz CT molecular complexity index is 293. The average Bonchev–Trinajstić information content (AvgIpc) is 2.38. The molecule has 2 N–H and O–H groups in total. The van der Waals surface area contributed by atoms with Crippen LogP contribution < -0.4 is 10.5 Å². The van der Waals surface area contributed by atoms with Gasteiger partial charge < -0.3 is 15.2 Å². The molecule has 4 heteroatoms. The summed E-state index contributed by atoms with van der Waals surface area (Å²) < 4.78 is 10.7. The second kappa shape index (κ2) is 8.06. The van der Waals surface area contributed by atoms with Gasteiger partial charge >= 0.3 is 0 Å². The summed E-state index contributed by atoms with van der Waals surface area (Å²) in [4.78, 5) is 2.16. The van der Waals surface area contributed by atoms with Gasteiger partial charge in [-0.1, -0.05) is 18.2 Å². The minimum atomic E-state index is 0.213. The summed E-state index contributed by atoms with van der Waals surface area (Å²) in [5.74, 6) is 0.881. The van der Waals surface area contributed by atoms with E-state index < -0.39 is 0 Å². The van der Waals surface area contributed by atoms with Gasteiger partial charge in [0.05, 0.1) is 12.6 Å². The molecule has 96 valence electrons. The molecule has 0 aliphatic rings. The van der Waals surface area contributed by atoms with Gasteiger partial charge in [-0.25, -0.2) is 0 Å². The Morgan fingerprint density at radius 2 is 2.00 bits per heavy atom. The third kappa shape index (κ3) is 5.17. The fraction of sp³-hybridized carbons (Fsp3) is 0.538. The van der Waals surface area contributed by atoms with Crippen molar-refractivity contribution in [1.82, 2.24) is 4.90 Å². The largest absolute Gasteiger partial charge is 0.492 e. The quantitative estimate of drug-likeness (QED) is 0.733. The Kier molecular flexibility index (Phi) is 6.62. The molecule has 4 nitrogen and oxygen atoms in total. The highest BCUT2D eigenvalue weighted by Gasteiger charge is 2.13. The number of ether oxygens (including phenoxy) is 2. The third-order valence-corrected chi connectivity index (χ3v) is 2.73. The van der Waals surface area contributed by atoms with Gasteiger partial charge in [-0.05, 0) is 19.2 Å². The smallest absolute Gasteiger partial charge is 0.119 e. The number of methoxy groups -OCH3 is 1. The van der Waals surface area contributed by atoms with E-state index in [1.165, 1.54) is 0 Å². The molecule has 0 amide bonds. The molecule has 1 atom stereocenters. The van der Waals surface area contributed by atoms with Gasteiger partial charge in [-0.2, -0.15) is 0 Å². The van der Waals surface area contributed by atoms with Crippen molar-refractivity contribution in [1.29, 1.82) is 0 Å². The highest BCUT2D eigenvalue weighted by Crippen LogP contribution is 2.09. The number of nitrogens with zero attached hydrogens (tertiary/aromatic N) is 1. The Hall–Kier alpha value is -1.10. The lowest BCUT2D eigenvalue weighted by atomic mass is 10.2. The Balaban J connectivity index is 2.36. The molecule has 0 bridgehead atoms. The Labute approximate surface area is 103 Å². The maximum atomic E-state index is 5.75. The SMILES string of the molecule is COCCN(C)[C@@H](CN)COc1ccccc1. The van der Waals surface area contributed by atoms with E-state index in [0.717, 1.165) is 12.3 Å². The molecule has 0 heterocycles. The number of nitrogens with two attached hydrogens (primary N) is 1. The molecular formula is C13H22N2O2. The summed E-state index contributed by atoms with van der Waals surface area (Å²) in [6.45, 7) is 2.74. The Morgan fingerprint density at radius 1 is 1.29 bits per heavy atom. The number of rotatable bonds is 8. The molecule has 0 saturated carbocycles. The van der Waals surface area contributed by atoms with Crippen LogP contribution in [0.25, 0.3) is 0 Å². The highest BCUT2D eigenvalue weighted by atomic mass is 16.5. The van der Waals surface area contributed by atoms with Crippen LogP contribution in [-0.2, 0) is 4.74 Å². The van der Waals surface area contributed by atoms with Crippen molar-refractivity contribution in [3.63, 3.8) is 0 Å². The summed E-state index contributed by atoms with van der Waals surface area (Å²) in [5.41, 5.74) is 5.75. The molecule has 0 saturated heterocycles. The summed E-state index contributed by atoms with van der Waals surface area (Å²) in [6.07, 6.45) is 0. The van der Waals surface area contributed by atoms with Crippen molar-refractivity contribution in [3.8, 4) is 5.75 Å². The summed E-state index contributed by atoms with van der Waals surface area (Å²) in [5, 5.41) is 0. The van der Waals surface area contributed by atoms with Gasteiger partial charge in [-0.15, -0.1) is 0 Å². The number of likely N-dealkylation sites (N-methyl/N-ethyl adjacent to an activating group) is 1. The zero-order valence-electron chi connectivity index (χ0n) is 10.6. The molecule has 1 rings (SSSR count). The van der Waals surface area contributed by atoms with Gasteiger partial charge in [-0.3, -0.25) is 4.90 Å². The van der Waals surface area contributed by atoms with Gasteiger partial charge in [0, 0.05) is 20.2 Å². The standard InChI is InChI=1S/C13H22N2O2/c1-15(8-9-16-2)12(10-14)11-17-13-6-4-3-5-7-13/h3-7,12H,8-11,14H2,1-2H3/t12-/m0/s1. The number of benzene rings is 1. The zero-order chi connectivity index (χ0) is 12.5. The number of hydrogen-bond acceptors (Lipinski definition) is 4. The topological polar surface area (TPSA) is 47.7 Å². The van der Waals surface area contributed by atoms with Crippen molar-refractivity contribution in [2.45, 2.75) is 6.04 Å². The van der Waals surface area contributed by atoms with Crippen molar-refractivity contribution in [2.75, 3.05) is 40.5 Å². The maximum Gasteiger partial charge on any atom is 0.119 e. The number of para-hydroxylation sites is 1. The van der Waals surface area contributed by atoms with Crippen LogP contribution in [0.5, 0.6) is 5.75 Å². The van der Waals surface area contributed by atoms with Crippen molar-refractivity contribution in [3.05, 3.63) is 30.3 Å². The minimum Gasteiger partial charge on any atom is -0.492 e. The van der Waals surface area contributed by atoms with Crippen LogP contribution in [0.2, 0.25) is 0 Å². The van der Waals surface area contributed by atoms with Crippen LogP contribution in [0.3, 0.4) is 0 Å². The first-order valence-corrected chi connectivity index (χ1v) is 5.85. The predicted molar refractivity (Wildman–Crippen MR) is 69.3 cm³/mol. The van der Waals surface area contributed by atoms with Gasteiger partial charge in [0.2, 0.25) is 0 Å². The lowest BCUT2D eigenvalue weighted by Gasteiger charge is -2.26.